The van der Waals surface area contributed by atoms with Gasteiger partial charge in [-0.25, -0.2) is 4.98 Å². The maximum absolute atomic E-state index is 12.1. The van der Waals surface area contributed by atoms with Gasteiger partial charge in [0.05, 0.1) is 6.54 Å². The zero-order valence-electron chi connectivity index (χ0n) is 11.2. The number of aromatic nitrogens is 1. The molecule has 0 N–H and O–H groups in total. The molecular weight excluding hydrogens is 228 g/mol. The highest BCUT2D eigenvalue weighted by Crippen LogP contribution is 2.23. The SMILES string of the molecule is CC(C)(C)C(=O)N1CCC(Oc2ccccn2)C1. The number of carbonyl (C=O) groups excluding carboxylic acids is 1. The van der Waals surface area contributed by atoms with Gasteiger partial charge in [-0.05, 0) is 6.07 Å². The largest absolute Gasteiger partial charge is 0.472 e. The Hall–Kier alpha value is -1.58. The maximum Gasteiger partial charge on any atom is 0.228 e. The van der Waals surface area contributed by atoms with Gasteiger partial charge in [0.2, 0.25) is 11.8 Å². The zero-order valence-corrected chi connectivity index (χ0v) is 11.2. The van der Waals surface area contributed by atoms with Crippen molar-refractivity contribution in [3.05, 3.63) is 24.4 Å². The van der Waals surface area contributed by atoms with Crippen LogP contribution in [0.1, 0.15) is 27.2 Å². The fourth-order valence-electron chi connectivity index (χ4n) is 2.07. The summed E-state index contributed by atoms with van der Waals surface area (Å²) in [7, 11) is 0. The summed E-state index contributed by atoms with van der Waals surface area (Å²) in [5, 5.41) is 0. The fourth-order valence-corrected chi connectivity index (χ4v) is 2.07. The Bertz CT molecular complexity index is 412. The summed E-state index contributed by atoms with van der Waals surface area (Å²) in [6.07, 6.45) is 2.65. The van der Waals surface area contributed by atoms with Crippen LogP contribution in [-0.4, -0.2) is 35.0 Å². The lowest BCUT2D eigenvalue weighted by Crippen LogP contribution is -2.38. The van der Waals surface area contributed by atoms with Gasteiger partial charge in [-0.3, -0.25) is 4.79 Å². The van der Waals surface area contributed by atoms with Crippen molar-refractivity contribution >= 4 is 5.91 Å². The van der Waals surface area contributed by atoms with E-state index >= 15 is 0 Å². The summed E-state index contributed by atoms with van der Waals surface area (Å²) in [5.74, 6) is 0.821. The first kappa shape index (κ1) is 12.9. The van der Waals surface area contributed by atoms with Gasteiger partial charge in [-0.2, -0.15) is 0 Å². The predicted molar refractivity (Wildman–Crippen MR) is 69.3 cm³/mol. The summed E-state index contributed by atoms with van der Waals surface area (Å²) >= 11 is 0. The van der Waals surface area contributed by atoms with Crippen LogP contribution in [-0.2, 0) is 4.79 Å². The Labute approximate surface area is 108 Å². The van der Waals surface area contributed by atoms with Crippen LogP contribution < -0.4 is 4.74 Å². The van der Waals surface area contributed by atoms with Gasteiger partial charge in [0.25, 0.3) is 0 Å². The minimum Gasteiger partial charge on any atom is -0.472 e. The van der Waals surface area contributed by atoms with Crippen LogP contribution in [0.4, 0.5) is 0 Å². The van der Waals surface area contributed by atoms with E-state index in [1.165, 1.54) is 0 Å². The normalized spacial score (nSPS) is 19.9. The van der Waals surface area contributed by atoms with E-state index < -0.39 is 0 Å². The van der Waals surface area contributed by atoms with E-state index in [2.05, 4.69) is 4.98 Å². The van der Waals surface area contributed by atoms with Crippen LogP contribution in [0.5, 0.6) is 5.88 Å². The summed E-state index contributed by atoms with van der Waals surface area (Å²) in [6, 6.07) is 5.60. The second-order valence-electron chi connectivity index (χ2n) is 5.70. The van der Waals surface area contributed by atoms with Crippen molar-refractivity contribution in [3.8, 4) is 5.88 Å². The molecule has 0 aliphatic carbocycles. The first-order valence-corrected chi connectivity index (χ1v) is 6.34. The van der Waals surface area contributed by atoms with Crippen molar-refractivity contribution in [3.63, 3.8) is 0 Å². The molecule has 1 aliphatic heterocycles. The van der Waals surface area contributed by atoms with Gasteiger partial charge in [-0.15, -0.1) is 0 Å². The first-order valence-electron chi connectivity index (χ1n) is 6.34. The average Bonchev–Trinajstić information content (AvgIpc) is 2.76. The highest BCUT2D eigenvalue weighted by atomic mass is 16.5. The summed E-state index contributed by atoms with van der Waals surface area (Å²) in [5.41, 5.74) is -0.320. The number of hydrogen-bond donors (Lipinski definition) is 0. The Kier molecular flexibility index (Phi) is 3.55. The monoisotopic (exact) mass is 248 g/mol. The number of nitrogens with zero attached hydrogens (tertiary/aromatic N) is 2. The molecule has 18 heavy (non-hydrogen) atoms. The van der Waals surface area contributed by atoms with Crippen LogP contribution in [0.15, 0.2) is 24.4 Å². The zero-order chi connectivity index (χ0) is 13.2. The number of amides is 1. The van der Waals surface area contributed by atoms with Crippen LogP contribution >= 0.6 is 0 Å². The molecule has 1 atom stereocenters. The molecule has 1 aromatic heterocycles. The van der Waals surface area contributed by atoms with Gasteiger partial charge >= 0.3 is 0 Å². The molecule has 4 heteroatoms. The van der Waals surface area contributed by atoms with Crippen molar-refractivity contribution in [2.75, 3.05) is 13.1 Å². The molecule has 1 amide bonds. The van der Waals surface area contributed by atoms with Gasteiger partial charge in [0.1, 0.15) is 6.10 Å². The number of carbonyl (C=O) groups is 1. The topological polar surface area (TPSA) is 42.4 Å². The van der Waals surface area contributed by atoms with E-state index in [1.807, 2.05) is 43.9 Å². The van der Waals surface area contributed by atoms with Crippen molar-refractivity contribution in [1.29, 1.82) is 0 Å². The third-order valence-electron chi connectivity index (χ3n) is 3.00. The van der Waals surface area contributed by atoms with Crippen molar-refractivity contribution in [2.24, 2.45) is 5.41 Å². The fraction of sp³-hybridized carbons (Fsp3) is 0.571. The smallest absolute Gasteiger partial charge is 0.228 e. The molecule has 0 radical (unpaired) electrons. The Morgan fingerprint density at radius 2 is 2.22 bits per heavy atom. The molecule has 0 aromatic carbocycles. The Morgan fingerprint density at radius 1 is 1.44 bits per heavy atom. The van der Waals surface area contributed by atoms with E-state index in [0.717, 1.165) is 13.0 Å². The molecular formula is C14H20N2O2. The lowest BCUT2D eigenvalue weighted by Gasteiger charge is -2.25. The van der Waals surface area contributed by atoms with Gasteiger partial charge < -0.3 is 9.64 Å². The number of likely N-dealkylation sites (tertiary alicyclic amines) is 1. The first-order chi connectivity index (χ1) is 8.47. The van der Waals surface area contributed by atoms with Crippen LogP contribution in [0.25, 0.3) is 0 Å². The highest BCUT2D eigenvalue weighted by Gasteiger charge is 2.33. The van der Waals surface area contributed by atoms with Crippen LogP contribution in [0.2, 0.25) is 0 Å². The van der Waals surface area contributed by atoms with Crippen LogP contribution in [0, 0.1) is 5.41 Å². The van der Waals surface area contributed by atoms with Gasteiger partial charge in [-0.1, -0.05) is 26.8 Å². The van der Waals surface area contributed by atoms with Crippen molar-refractivity contribution in [2.45, 2.75) is 33.3 Å². The van der Waals surface area contributed by atoms with Crippen molar-refractivity contribution in [1.82, 2.24) is 9.88 Å². The molecule has 2 heterocycles. The Morgan fingerprint density at radius 3 is 2.83 bits per heavy atom. The molecule has 1 unspecified atom stereocenters. The van der Waals surface area contributed by atoms with E-state index in [0.29, 0.717) is 12.4 Å². The van der Waals surface area contributed by atoms with Crippen LogP contribution in [0.3, 0.4) is 0 Å². The second-order valence-corrected chi connectivity index (χ2v) is 5.70. The molecule has 1 saturated heterocycles. The minimum absolute atomic E-state index is 0.0613. The molecule has 1 aromatic rings. The lowest BCUT2D eigenvalue weighted by atomic mass is 9.95. The number of hydrogen-bond acceptors (Lipinski definition) is 3. The molecule has 98 valence electrons. The second kappa shape index (κ2) is 4.96. The highest BCUT2D eigenvalue weighted by molar-refractivity contribution is 5.81. The van der Waals surface area contributed by atoms with Crippen molar-refractivity contribution < 1.29 is 9.53 Å². The minimum atomic E-state index is -0.320. The number of rotatable bonds is 2. The van der Waals surface area contributed by atoms with E-state index in [-0.39, 0.29) is 17.4 Å². The predicted octanol–water partition coefficient (Wildman–Crippen LogP) is 2.11. The molecule has 1 fully saturated rings. The van der Waals surface area contributed by atoms with Gasteiger partial charge in [0.15, 0.2) is 0 Å². The molecule has 2 rings (SSSR count). The molecule has 0 saturated carbocycles. The summed E-state index contributed by atoms with van der Waals surface area (Å²) in [6.45, 7) is 7.27. The summed E-state index contributed by atoms with van der Waals surface area (Å²) in [4.78, 5) is 18.1. The Balaban J connectivity index is 1.91. The summed E-state index contributed by atoms with van der Waals surface area (Å²) < 4.78 is 5.76. The van der Waals surface area contributed by atoms with E-state index in [1.54, 1.807) is 6.20 Å². The molecule has 0 spiro atoms. The molecule has 1 aliphatic rings. The average molecular weight is 248 g/mol. The number of ether oxygens (including phenoxy) is 1. The lowest BCUT2D eigenvalue weighted by molar-refractivity contribution is -0.138. The third-order valence-corrected chi connectivity index (χ3v) is 3.00. The number of pyridine rings is 1. The van der Waals surface area contributed by atoms with E-state index in [4.69, 9.17) is 4.74 Å². The maximum atomic E-state index is 12.1. The standard InChI is InChI=1S/C14H20N2O2/c1-14(2,3)13(17)16-9-7-11(10-16)18-12-6-4-5-8-15-12/h4-6,8,11H,7,9-10H2,1-3H3. The molecule has 4 nitrogen and oxygen atoms in total. The van der Waals surface area contributed by atoms with Gasteiger partial charge in [0, 0.05) is 30.6 Å². The quantitative estimate of drug-likeness (QED) is 0.805. The molecule has 0 bridgehead atoms. The third kappa shape index (κ3) is 3.00. The van der Waals surface area contributed by atoms with E-state index in [9.17, 15) is 4.79 Å².